The van der Waals surface area contributed by atoms with Crippen LogP contribution < -0.4 is 11.2 Å². The molecular weight excluding hydrogens is 372 g/mol. The van der Waals surface area contributed by atoms with Crippen molar-refractivity contribution in [1.29, 1.82) is 0 Å². The number of aromatic hydroxyl groups is 1. The summed E-state index contributed by atoms with van der Waals surface area (Å²) >= 11 is 5.91. The Morgan fingerprint density at radius 1 is 0.963 bits per heavy atom. The predicted octanol–water partition coefficient (Wildman–Crippen LogP) is 2.17. The molecule has 3 rings (SSSR count). The first kappa shape index (κ1) is 18.5. The minimum atomic E-state index is -1.29. The molecule has 0 atom stereocenters. The zero-order valence-electron chi connectivity index (χ0n) is 14.0. The Morgan fingerprint density at radius 3 is 2.19 bits per heavy atom. The monoisotopic (exact) mass is 386 g/mol. The molecule has 0 saturated carbocycles. The van der Waals surface area contributed by atoms with Crippen LogP contribution in [0, 0.1) is 0 Å². The highest BCUT2D eigenvalue weighted by atomic mass is 35.5. The van der Waals surface area contributed by atoms with Gasteiger partial charge in [-0.2, -0.15) is 0 Å². The van der Waals surface area contributed by atoms with Crippen molar-refractivity contribution >= 4 is 17.6 Å². The molecule has 7 nitrogen and oxygen atoms in total. The number of carboxylic acid groups (broad SMARTS) is 1. The van der Waals surface area contributed by atoms with Crippen LogP contribution in [0.25, 0.3) is 11.3 Å². The smallest absolute Gasteiger partial charge is 0.332 e. The van der Waals surface area contributed by atoms with Gasteiger partial charge in [0.1, 0.15) is 12.3 Å². The fourth-order valence-electron chi connectivity index (χ4n) is 2.69. The molecule has 0 unspecified atom stereocenters. The van der Waals surface area contributed by atoms with E-state index < -0.39 is 23.8 Å². The fraction of sp³-hybridized carbons (Fsp3) is 0.105. The maximum Gasteiger partial charge on any atom is 0.332 e. The number of hydrogen-bond acceptors (Lipinski definition) is 4. The van der Waals surface area contributed by atoms with Gasteiger partial charge in [0.15, 0.2) is 0 Å². The molecular formula is C19H15ClN2O5. The third-order valence-electron chi connectivity index (χ3n) is 3.99. The minimum absolute atomic E-state index is 0.0832. The Morgan fingerprint density at radius 2 is 1.59 bits per heavy atom. The Kier molecular flexibility index (Phi) is 5.14. The second kappa shape index (κ2) is 7.51. The van der Waals surface area contributed by atoms with Gasteiger partial charge in [0, 0.05) is 11.1 Å². The lowest BCUT2D eigenvalue weighted by Crippen LogP contribution is -2.42. The average Bonchev–Trinajstić information content (AvgIpc) is 2.63. The van der Waals surface area contributed by atoms with E-state index in [2.05, 4.69) is 0 Å². The maximum absolute atomic E-state index is 12.8. The minimum Gasteiger partial charge on any atom is -0.508 e. The quantitative estimate of drug-likeness (QED) is 0.699. The molecule has 1 heterocycles. The Bertz CT molecular complexity index is 1100. The zero-order chi connectivity index (χ0) is 19.6. The van der Waals surface area contributed by atoms with Crippen molar-refractivity contribution in [1.82, 2.24) is 9.13 Å². The highest BCUT2D eigenvalue weighted by Gasteiger charge is 2.15. The van der Waals surface area contributed by atoms with Gasteiger partial charge >= 0.3 is 11.7 Å². The SMILES string of the molecule is O=C(O)Cn1c(=O)cc(-c2ccc(Cl)cc2)n(Cc2ccc(O)cc2)c1=O. The molecule has 0 spiro atoms. The van der Waals surface area contributed by atoms with Crippen molar-refractivity contribution in [2.75, 3.05) is 0 Å². The van der Waals surface area contributed by atoms with E-state index in [9.17, 15) is 19.5 Å². The number of phenolic OH excluding ortho intramolecular Hbond substituents is 1. The van der Waals surface area contributed by atoms with Gasteiger partial charge in [-0.15, -0.1) is 0 Å². The number of hydrogen-bond donors (Lipinski definition) is 2. The van der Waals surface area contributed by atoms with E-state index in [1.807, 2.05) is 0 Å². The molecule has 8 heteroatoms. The molecule has 0 radical (unpaired) electrons. The largest absolute Gasteiger partial charge is 0.508 e. The number of benzene rings is 2. The van der Waals surface area contributed by atoms with Crippen molar-refractivity contribution in [2.24, 2.45) is 0 Å². The normalized spacial score (nSPS) is 10.7. The summed E-state index contributed by atoms with van der Waals surface area (Å²) in [5.74, 6) is -1.20. The number of aromatic nitrogens is 2. The molecule has 27 heavy (non-hydrogen) atoms. The second-order valence-electron chi connectivity index (χ2n) is 5.89. The van der Waals surface area contributed by atoms with Gasteiger partial charge in [-0.3, -0.25) is 14.2 Å². The molecule has 0 aliphatic rings. The van der Waals surface area contributed by atoms with Gasteiger partial charge in [-0.25, -0.2) is 9.36 Å². The Labute approximate surface area is 158 Å². The second-order valence-corrected chi connectivity index (χ2v) is 6.33. The van der Waals surface area contributed by atoms with Crippen molar-refractivity contribution in [3.05, 3.63) is 86.0 Å². The number of phenols is 1. The van der Waals surface area contributed by atoms with Gasteiger partial charge in [-0.1, -0.05) is 35.9 Å². The van der Waals surface area contributed by atoms with Crippen LogP contribution in [0.15, 0.2) is 64.2 Å². The van der Waals surface area contributed by atoms with Crippen molar-refractivity contribution < 1.29 is 15.0 Å². The van der Waals surface area contributed by atoms with Gasteiger partial charge < -0.3 is 10.2 Å². The van der Waals surface area contributed by atoms with E-state index in [1.165, 1.54) is 22.8 Å². The average molecular weight is 387 g/mol. The number of aliphatic carboxylic acids is 1. The van der Waals surface area contributed by atoms with Crippen LogP contribution in [0.5, 0.6) is 5.75 Å². The summed E-state index contributed by atoms with van der Waals surface area (Å²) < 4.78 is 1.99. The molecule has 0 fully saturated rings. The molecule has 2 N–H and O–H groups in total. The van der Waals surface area contributed by atoms with E-state index in [0.29, 0.717) is 26.4 Å². The first-order valence-electron chi connectivity index (χ1n) is 7.95. The van der Waals surface area contributed by atoms with E-state index in [0.717, 1.165) is 0 Å². The lowest BCUT2D eigenvalue weighted by Gasteiger charge is -2.15. The van der Waals surface area contributed by atoms with Crippen LogP contribution in [0.1, 0.15) is 5.56 Å². The molecule has 0 bridgehead atoms. The van der Waals surface area contributed by atoms with Crippen LogP contribution >= 0.6 is 11.6 Å². The van der Waals surface area contributed by atoms with E-state index in [-0.39, 0.29) is 12.3 Å². The van der Waals surface area contributed by atoms with Crippen LogP contribution in [0.4, 0.5) is 0 Å². The number of carbonyl (C=O) groups is 1. The van der Waals surface area contributed by atoms with Crippen LogP contribution in [-0.4, -0.2) is 25.3 Å². The van der Waals surface area contributed by atoms with Crippen molar-refractivity contribution in [3.8, 4) is 17.0 Å². The van der Waals surface area contributed by atoms with Gasteiger partial charge in [-0.05, 0) is 35.4 Å². The van der Waals surface area contributed by atoms with Crippen LogP contribution in [0.3, 0.4) is 0 Å². The van der Waals surface area contributed by atoms with Crippen molar-refractivity contribution in [3.63, 3.8) is 0 Å². The summed E-state index contributed by atoms with van der Waals surface area (Å²) in [6.07, 6.45) is 0. The molecule has 3 aromatic rings. The lowest BCUT2D eigenvalue weighted by molar-refractivity contribution is -0.137. The predicted molar refractivity (Wildman–Crippen MR) is 100 cm³/mol. The summed E-state index contributed by atoms with van der Waals surface area (Å²) in [6, 6.07) is 14.1. The number of nitrogens with zero attached hydrogens (tertiary/aromatic N) is 2. The molecule has 138 valence electrons. The first-order valence-corrected chi connectivity index (χ1v) is 8.33. The molecule has 1 aromatic heterocycles. The van der Waals surface area contributed by atoms with Gasteiger partial charge in [0.25, 0.3) is 5.56 Å². The van der Waals surface area contributed by atoms with Crippen LogP contribution in [-0.2, 0) is 17.9 Å². The van der Waals surface area contributed by atoms with Crippen molar-refractivity contribution in [2.45, 2.75) is 13.1 Å². The molecule has 0 aliphatic carbocycles. The Hall–Kier alpha value is -3.32. The third kappa shape index (κ3) is 4.09. The lowest BCUT2D eigenvalue weighted by atomic mass is 10.1. The van der Waals surface area contributed by atoms with E-state index in [4.69, 9.17) is 16.7 Å². The standard InChI is InChI=1S/C19H15ClN2O5/c20-14-5-3-13(4-6-14)16-9-17(24)22(11-18(25)26)19(27)21(16)10-12-1-7-15(23)8-2-12/h1-9,23H,10-11H2,(H,25,26). The number of halogens is 1. The molecule has 0 amide bonds. The first-order chi connectivity index (χ1) is 12.8. The maximum atomic E-state index is 12.8. The fourth-order valence-corrected chi connectivity index (χ4v) is 2.82. The molecule has 2 aromatic carbocycles. The third-order valence-corrected chi connectivity index (χ3v) is 4.24. The highest BCUT2D eigenvalue weighted by molar-refractivity contribution is 6.30. The molecule has 0 saturated heterocycles. The Balaban J connectivity index is 2.20. The summed E-state index contributed by atoms with van der Waals surface area (Å²) in [4.78, 5) is 36.2. The van der Waals surface area contributed by atoms with Gasteiger partial charge in [0.05, 0.1) is 12.2 Å². The zero-order valence-corrected chi connectivity index (χ0v) is 14.8. The van der Waals surface area contributed by atoms with E-state index in [1.54, 1.807) is 36.4 Å². The molecule has 0 aliphatic heterocycles. The summed E-state index contributed by atoms with van der Waals surface area (Å²) in [5.41, 5.74) is 0.203. The number of rotatable bonds is 5. The summed E-state index contributed by atoms with van der Waals surface area (Å²) in [7, 11) is 0. The van der Waals surface area contributed by atoms with Gasteiger partial charge in [0.2, 0.25) is 0 Å². The highest BCUT2D eigenvalue weighted by Crippen LogP contribution is 2.21. The summed E-state index contributed by atoms with van der Waals surface area (Å²) in [5, 5.41) is 18.9. The van der Waals surface area contributed by atoms with Crippen LogP contribution in [0.2, 0.25) is 5.02 Å². The van der Waals surface area contributed by atoms with E-state index >= 15 is 0 Å². The summed E-state index contributed by atoms with van der Waals surface area (Å²) in [6.45, 7) is -0.634. The number of carboxylic acids is 1. The topological polar surface area (TPSA) is 102 Å².